The highest BCUT2D eigenvalue weighted by Crippen LogP contribution is 2.14. The van der Waals surface area contributed by atoms with Gasteiger partial charge in [0.25, 0.3) is 0 Å². The van der Waals surface area contributed by atoms with Gasteiger partial charge in [-0.1, -0.05) is 80.1 Å². The highest BCUT2D eigenvalue weighted by Gasteiger charge is 2.10. The predicted molar refractivity (Wildman–Crippen MR) is 128 cm³/mol. The number of unbranched alkanes of at least 4 members (excludes halogenated alkanes) is 11. The molecule has 0 aliphatic rings. The first-order valence-corrected chi connectivity index (χ1v) is 12.7. The Morgan fingerprint density at radius 3 is 1.87 bits per heavy atom. The highest BCUT2D eigenvalue weighted by atomic mass is 79.9. The Hall–Kier alpha value is -1.11. The fourth-order valence-corrected chi connectivity index (χ4v) is 3.65. The maximum atomic E-state index is 11.8. The average Bonchev–Trinajstić information content (AvgIpc) is 2.77. The molecule has 0 aliphatic heterocycles. The number of aliphatic hydroxyl groups excluding tert-OH is 2. The summed E-state index contributed by atoms with van der Waals surface area (Å²) in [4.78, 5) is 11.8. The van der Waals surface area contributed by atoms with Crippen LogP contribution in [0, 0.1) is 0 Å². The number of anilines is 1. The molecule has 172 valence electrons. The van der Waals surface area contributed by atoms with Gasteiger partial charge in [-0.15, -0.1) is 0 Å². The van der Waals surface area contributed by atoms with E-state index >= 15 is 0 Å². The van der Waals surface area contributed by atoms with Crippen LogP contribution in [-0.4, -0.2) is 47.4 Å². The van der Waals surface area contributed by atoms with Gasteiger partial charge in [-0.3, -0.25) is 0 Å². The zero-order chi connectivity index (χ0) is 21.9. The molecule has 0 amide bonds. The molecular formula is C24H40BrNO4. The number of benzene rings is 1. The second kappa shape index (κ2) is 18.6. The minimum atomic E-state index is -1.03. The van der Waals surface area contributed by atoms with E-state index < -0.39 is 18.7 Å². The topological polar surface area (TPSA) is 78.8 Å². The van der Waals surface area contributed by atoms with E-state index in [0.29, 0.717) is 5.56 Å². The largest absolute Gasteiger partial charge is 0.459 e. The normalized spacial score (nSPS) is 12.0. The van der Waals surface area contributed by atoms with Crippen LogP contribution < -0.4 is 5.32 Å². The Balaban J connectivity index is 1.97. The molecule has 30 heavy (non-hydrogen) atoms. The van der Waals surface area contributed by atoms with E-state index in [9.17, 15) is 9.90 Å². The van der Waals surface area contributed by atoms with E-state index in [2.05, 4.69) is 21.2 Å². The molecule has 0 saturated carbocycles. The van der Waals surface area contributed by atoms with Gasteiger partial charge < -0.3 is 20.3 Å². The van der Waals surface area contributed by atoms with Gasteiger partial charge in [-0.05, 0) is 37.1 Å². The molecule has 1 atom stereocenters. The third-order valence-corrected chi connectivity index (χ3v) is 5.69. The Bertz CT molecular complexity index is 539. The summed E-state index contributed by atoms with van der Waals surface area (Å²) in [6.45, 7) is 0.308. The number of carbonyl (C=O) groups excluding carboxylic acids is 1. The molecule has 1 rings (SSSR count). The molecular weight excluding hydrogens is 446 g/mol. The standard InChI is InChI=1S/C24H40BrNO4/c25-17-11-9-7-5-3-1-2-4-6-8-10-12-18-26-22-15-13-21(14-16-22)24(29)30-20-23(28)19-27/h13-16,23,26-28H,1-12,17-20H2. The summed E-state index contributed by atoms with van der Waals surface area (Å²) >= 11 is 3.48. The zero-order valence-corrected chi connectivity index (χ0v) is 19.9. The van der Waals surface area contributed by atoms with Gasteiger partial charge in [0.1, 0.15) is 12.7 Å². The fraction of sp³-hybridized carbons (Fsp3) is 0.708. The van der Waals surface area contributed by atoms with Crippen molar-refractivity contribution in [2.75, 3.05) is 30.4 Å². The first kappa shape index (κ1) is 26.9. The Kier molecular flexibility index (Phi) is 16.7. The van der Waals surface area contributed by atoms with E-state index in [1.165, 1.54) is 70.6 Å². The lowest BCUT2D eigenvalue weighted by Crippen LogP contribution is -2.21. The van der Waals surface area contributed by atoms with Gasteiger partial charge in [0, 0.05) is 17.6 Å². The number of halogens is 1. The molecule has 3 N–H and O–H groups in total. The Labute approximate surface area is 190 Å². The molecule has 0 bridgehead atoms. The number of esters is 1. The number of aliphatic hydroxyl groups is 2. The van der Waals surface area contributed by atoms with E-state index in [-0.39, 0.29) is 6.61 Å². The molecule has 0 aliphatic carbocycles. The maximum Gasteiger partial charge on any atom is 0.338 e. The Morgan fingerprint density at radius 1 is 0.867 bits per heavy atom. The van der Waals surface area contributed by atoms with E-state index in [1.54, 1.807) is 12.1 Å². The van der Waals surface area contributed by atoms with Crippen molar-refractivity contribution in [2.45, 2.75) is 83.2 Å². The number of carbonyl (C=O) groups is 1. The Morgan fingerprint density at radius 2 is 1.37 bits per heavy atom. The lowest BCUT2D eigenvalue weighted by atomic mass is 10.1. The summed E-state index contributed by atoms with van der Waals surface area (Å²) in [5.74, 6) is -0.497. The second-order valence-corrected chi connectivity index (χ2v) is 8.66. The van der Waals surface area contributed by atoms with Crippen LogP contribution >= 0.6 is 15.9 Å². The van der Waals surface area contributed by atoms with E-state index in [1.807, 2.05) is 12.1 Å². The predicted octanol–water partition coefficient (Wildman–Crippen LogP) is 5.68. The van der Waals surface area contributed by atoms with Crippen molar-refractivity contribution in [2.24, 2.45) is 0 Å². The molecule has 1 aromatic carbocycles. The monoisotopic (exact) mass is 485 g/mol. The lowest BCUT2D eigenvalue weighted by molar-refractivity contribution is 0.00933. The van der Waals surface area contributed by atoms with Crippen LogP contribution in [0.3, 0.4) is 0 Å². The van der Waals surface area contributed by atoms with Gasteiger partial charge in [0.15, 0.2) is 0 Å². The van der Waals surface area contributed by atoms with Crippen LogP contribution in [0.15, 0.2) is 24.3 Å². The van der Waals surface area contributed by atoms with Gasteiger partial charge in [0.2, 0.25) is 0 Å². The second-order valence-electron chi connectivity index (χ2n) is 7.87. The number of nitrogens with one attached hydrogen (secondary N) is 1. The summed E-state index contributed by atoms with van der Waals surface area (Å²) in [6.07, 6.45) is 15.0. The molecule has 5 nitrogen and oxygen atoms in total. The fourth-order valence-electron chi connectivity index (χ4n) is 3.25. The minimum absolute atomic E-state index is 0.201. The van der Waals surface area contributed by atoms with Crippen molar-refractivity contribution >= 4 is 27.6 Å². The molecule has 1 aromatic rings. The molecule has 0 heterocycles. The highest BCUT2D eigenvalue weighted by molar-refractivity contribution is 9.09. The van der Waals surface area contributed by atoms with E-state index in [4.69, 9.17) is 9.84 Å². The number of hydrogen-bond donors (Lipinski definition) is 3. The molecule has 1 unspecified atom stereocenters. The van der Waals surface area contributed by atoms with Gasteiger partial charge in [0.05, 0.1) is 12.2 Å². The number of hydrogen-bond acceptors (Lipinski definition) is 5. The van der Waals surface area contributed by atoms with Crippen molar-refractivity contribution in [1.29, 1.82) is 0 Å². The number of rotatable bonds is 19. The summed E-state index contributed by atoms with van der Waals surface area (Å²) in [6, 6.07) is 7.13. The minimum Gasteiger partial charge on any atom is -0.459 e. The first-order chi connectivity index (χ1) is 14.7. The quantitative estimate of drug-likeness (QED) is 0.133. The zero-order valence-electron chi connectivity index (χ0n) is 18.3. The maximum absolute atomic E-state index is 11.8. The summed E-state index contributed by atoms with van der Waals surface area (Å²) in [5, 5.41) is 22.5. The van der Waals surface area contributed by atoms with Crippen molar-refractivity contribution in [3.63, 3.8) is 0 Å². The summed E-state index contributed by atoms with van der Waals surface area (Å²) in [7, 11) is 0. The molecule has 6 heteroatoms. The SMILES string of the molecule is O=C(OCC(O)CO)c1ccc(NCCCCCCCCCCCCCCBr)cc1. The lowest BCUT2D eigenvalue weighted by Gasteiger charge is -2.10. The molecule has 0 saturated heterocycles. The smallest absolute Gasteiger partial charge is 0.338 e. The molecule has 0 radical (unpaired) electrons. The van der Waals surface area contributed by atoms with Crippen molar-refractivity contribution in [3.05, 3.63) is 29.8 Å². The van der Waals surface area contributed by atoms with Crippen LogP contribution in [0.5, 0.6) is 0 Å². The summed E-state index contributed by atoms with van der Waals surface area (Å²) < 4.78 is 4.94. The number of alkyl halides is 1. The average molecular weight is 486 g/mol. The third kappa shape index (κ3) is 14.0. The van der Waals surface area contributed by atoms with Crippen LogP contribution in [0.25, 0.3) is 0 Å². The molecule has 0 fully saturated rings. The van der Waals surface area contributed by atoms with Crippen LogP contribution in [0.1, 0.15) is 87.4 Å². The summed E-state index contributed by atoms with van der Waals surface area (Å²) in [5.41, 5.74) is 1.42. The van der Waals surface area contributed by atoms with Crippen molar-refractivity contribution < 1.29 is 19.7 Å². The van der Waals surface area contributed by atoms with E-state index in [0.717, 1.165) is 24.0 Å². The van der Waals surface area contributed by atoms with Crippen LogP contribution in [0.4, 0.5) is 5.69 Å². The van der Waals surface area contributed by atoms with Crippen molar-refractivity contribution in [1.82, 2.24) is 0 Å². The first-order valence-electron chi connectivity index (χ1n) is 11.5. The van der Waals surface area contributed by atoms with Gasteiger partial charge in [-0.25, -0.2) is 4.79 Å². The van der Waals surface area contributed by atoms with Gasteiger partial charge in [-0.2, -0.15) is 0 Å². The van der Waals surface area contributed by atoms with Crippen LogP contribution in [-0.2, 0) is 4.74 Å². The molecule has 0 aromatic heterocycles. The third-order valence-electron chi connectivity index (χ3n) is 5.13. The van der Waals surface area contributed by atoms with Crippen LogP contribution in [0.2, 0.25) is 0 Å². The molecule has 0 spiro atoms. The number of ether oxygens (including phenoxy) is 1. The van der Waals surface area contributed by atoms with Gasteiger partial charge >= 0.3 is 5.97 Å². The van der Waals surface area contributed by atoms with Crippen molar-refractivity contribution in [3.8, 4) is 0 Å².